The van der Waals surface area contributed by atoms with E-state index in [0.29, 0.717) is 0 Å². The Kier molecular flexibility index (Phi) is 4.92. The van der Waals surface area contributed by atoms with E-state index < -0.39 is 0 Å². The SMILES string of the molecule is Cc1sc(CCCCN)nc1-c1cccc(Br)c1. The van der Waals surface area contributed by atoms with Gasteiger partial charge in [-0.15, -0.1) is 11.3 Å². The first-order chi connectivity index (χ1) is 8.70. The fourth-order valence-corrected chi connectivity index (χ4v) is 3.28. The van der Waals surface area contributed by atoms with Crippen molar-refractivity contribution in [2.75, 3.05) is 6.54 Å². The molecular formula is C14H17BrN2S. The summed E-state index contributed by atoms with van der Waals surface area (Å²) >= 11 is 5.30. The maximum absolute atomic E-state index is 5.51. The van der Waals surface area contributed by atoms with E-state index in [9.17, 15) is 0 Å². The van der Waals surface area contributed by atoms with Gasteiger partial charge in [-0.1, -0.05) is 28.1 Å². The standard InChI is InChI=1S/C14H17BrN2S/c1-10-14(11-5-4-6-12(15)9-11)17-13(18-10)7-2-3-8-16/h4-6,9H,2-3,7-8,16H2,1H3. The molecule has 2 N–H and O–H groups in total. The van der Waals surface area contributed by atoms with E-state index in [0.717, 1.165) is 36.0 Å². The van der Waals surface area contributed by atoms with Gasteiger partial charge in [0.15, 0.2) is 0 Å². The van der Waals surface area contributed by atoms with Gasteiger partial charge in [-0.05, 0) is 44.9 Å². The lowest BCUT2D eigenvalue weighted by atomic mass is 10.1. The largest absolute Gasteiger partial charge is 0.330 e. The van der Waals surface area contributed by atoms with Crippen molar-refractivity contribution < 1.29 is 0 Å². The highest BCUT2D eigenvalue weighted by molar-refractivity contribution is 9.10. The molecule has 4 heteroatoms. The summed E-state index contributed by atoms with van der Waals surface area (Å²) in [7, 11) is 0. The van der Waals surface area contributed by atoms with Crippen molar-refractivity contribution in [1.29, 1.82) is 0 Å². The molecule has 2 aromatic rings. The average molecular weight is 325 g/mol. The molecule has 2 rings (SSSR count). The summed E-state index contributed by atoms with van der Waals surface area (Å²) < 4.78 is 1.09. The van der Waals surface area contributed by atoms with Crippen molar-refractivity contribution in [2.24, 2.45) is 5.73 Å². The molecule has 0 radical (unpaired) electrons. The van der Waals surface area contributed by atoms with Crippen LogP contribution in [0.2, 0.25) is 0 Å². The number of nitrogens with two attached hydrogens (primary N) is 1. The van der Waals surface area contributed by atoms with Crippen LogP contribution in [0.25, 0.3) is 11.3 Å². The lowest BCUT2D eigenvalue weighted by molar-refractivity contribution is 0.742. The third-order valence-corrected chi connectivity index (χ3v) is 4.31. The Morgan fingerprint density at radius 2 is 2.17 bits per heavy atom. The van der Waals surface area contributed by atoms with Gasteiger partial charge in [-0.3, -0.25) is 0 Å². The zero-order valence-electron chi connectivity index (χ0n) is 10.4. The molecule has 96 valence electrons. The van der Waals surface area contributed by atoms with Crippen LogP contribution in [0.4, 0.5) is 0 Å². The van der Waals surface area contributed by atoms with E-state index in [2.05, 4.69) is 35.0 Å². The highest BCUT2D eigenvalue weighted by Gasteiger charge is 2.09. The highest BCUT2D eigenvalue weighted by atomic mass is 79.9. The first kappa shape index (κ1) is 13.7. The van der Waals surface area contributed by atoms with E-state index in [-0.39, 0.29) is 0 Å². The lowest BCUT2D eigenvalue weighted by Gasteiger charge is -1.99. The predicted octanol–water partition coefficient (Wildman–Crippen LogP) is 4.16. The Morgan fingerprint density at radius 1 is 1.33 bits per heavy atom. The van der Waals surface area contributed by atoms with Gasteiger partial charge in [0.2, 0.25) is 0 Å². The van der Waals surface area contributed by atoms with Gasteiger partial charge in [-0.25, -0.2) is 4.98 Å². The minimum absolute atomic E-state index is 0.767. The van der Waals surface area contributed by atoms with Crippen LogP contribution in [-0.2, 0) is 6.42 Å². The van der Waals surface area contributed by atoms with Crippen LogP contribution in [0.3, 0.4) is 0 Å². The van der Waals surface area contributed by atoms with Gasteiger partial charge in [0, 0.05) is 14.9 Å². The molecule has 0 aliphatic heterocycles. The molecule has 0 atom stereocenters. The maximum atomic E-state index is 5.51. The monoisotopic (exact) mass is 324 g/mol. The highest BCUT2D eigenvalue weighted by Crippen LogP contribution is 2.29. The van der Waals surface area contributed by atoms with Gasteiger partial charge < -0.3 is 5.73 Å². The Morgan fingerprint density at radius 3 is 2.89 bits per heavy atom. The van der Waals surface area contributed by atoms with Crippen LogP contribution in [0.5, 0.6) is 0 Å². The number of thiazole rings is 1. The molecule has 0 fully saturated rings. The molecule has 1 aromatic heterocycles. The number of benzene rings is 1. The van der Waals surface area contributed by atoms with Gasteiger partial charge in [0.05, 0.1) is 10.7 Å². The Balaban J connectivity index is 2.18. The number of halogens is 1. The molecule has 2 nitrogen and oxygen atoms in total. The molecule has 1 heterocycles. The first-order valence-corrected chi connectivity index (χ1v) is 7.74. The lowest BCUT2D eigenvalue weighted by Crippen LogP contribution is -1.98. The van der Waals surface area contributed by atoms with Crippen LogP contribution in [-0.4, -0.2) is 11.5 Å². The summed E-state index contributed by atoms with van der Waals surface area (Å²) in [5, 5.41) is 1.22. The predicted molar refractivity (Wildman–Crippen MR) is 82.0 cm³/mol. The molecule has 0 bridgehead atoms. The van der Waals surface area contributed by atoms with Gasteiger partial charge in [0.25, 0.3) is 0 Å². The summed E-state index contributed by atoms with van der Waals surface area (Å²) in [6.07, 6.45) is 3.24. The molecule has 0 saturated carbocycles. The van der Waals surface area contributed by atoms with Crippen molar-refractivity contribution in [3.63, 3.8) is 0 Å². The number of hydrogen-bond donors (Lipinski definition) is 1. The quantitative estimate of drug-likeness (QED) is 0.838. The second-order valence-corrected chi connectivity index (χ2v) is 6.47. The molecule has 0 saturated heterocycles. The number of hydrogen-bond acceptors (Lipinski definition) is 3. The number of aryl methyl sites for hydroxylation is 2. The van der Waals surface area contributed by atoms with Gasteiger partial charge >= 0.3 is 0 Å². The summed E-state index contributed by atoms with van der Waals surface area (Å²) in [5.74, 6) is 0. The zero-order chi connectivity index (χ0) is 13.0. The summed E-state index contributed by atoms with van der Waals surface area (Å²) in [4.78, 5) is 6.04. The van der Waals surface area contributed by atoms with Crippen molar-refractivity contribution >= 4 is 27.3 Å². The fraction of sp³-hybridized carbons (Fsp3) is 0.357. The molecule has 18 heavy (non-hydrogen) atoms. The number of unbranched alkanes of at least 4 members (excludes halogenated alkanes) is 1. The van der Waals surface area contributed by atoms with Crippen LogP contribution < -0.4 is 5.73 Å². The normalized spacial score (nSPS) is 10.8. The van der Waals surface area contributed by atoms with Crippen molar-refractivity contribution in [1.82, 2.24) is 4.98 Å². The van der Waals surface area contributed by atoms with E-state index in [1.54, 1.807) is 11.3 Å². The average Bonchev–Trinajstić information content (AvgIpc) is 2.71. The van der Waals surface area contributed by atoms with E-state index in [1.807, 2.05) is 12.1 Å². The molecule has 0 amide bonds. The van der Waals surface area contributed by atoms with Gasteiger partial charge in [0.1, 0.15) is 0 Å². The Hall–Kier alpha value is -0.710. The maximum Gasteiger partial charge on any atom is 0.0935 e. The van der Waals surface area contributed by atoms with Crippen LogP contribution in [0.1, 0.15) is 22.7 Å². The zero-order valence-corrected chi connectivity index (χ0v) is 12.9. The molecule has 0 unspecified atom stereocenters. The van der Waals surface area contributed by atoms with Crippen molar-refractivity contribution in [3.05, 3.63) is 38.6 Å². The van der Waals surface area contributed by atoms with Crippen LogP contribution >= 0.6 is 27.3 Å². The van der Waals surface area contributed by atoms with E-state index in [4.69, 9.17) is 10.7 Å². The smallest absolute Gasteiger partial charge is 0.0935 e. The molecule has 0 aliphatic rings. The van der Waals surface area contributed by atoms with Crippen LogP contribution in [0, 0.1) is 6.92 Å². The van der Waals surface area contributed by atoms with E-state index in [1.165, 1.54) is 15.4 Å². The van der Waals surface area contributed by atoms with Gasteiger partial charge in [-0.2, -0.15) is 0 Å². The van der Waals surface area contributed by atoms with Crippen molar-refractivity contribution in [2.45, 2.75) is 26.2 Å². The summed E-state index contributed by atoms with van der Waals surface area (Å²) in [5.41, 5.74) is 7.81. The molecular weight excluding hydrogens is 308 g/mol. The Labute approximate surface area is 120 Å². The number of aromatic nitrogens is 1. The third-order valence-electron chi connectivity index (χ3n) is 2.78. The number of nitrogens with zero attached hydrogens (tertiary/aromatic N) is 1. The van der Waals surface area contributed by atoms with Crippen molar-refractivity contribution in [3.8, 4) is 11.3 Å². The topological polar surface area (TPSA) is 38.9 Å². The minimum atomic E-state index is 0.767. The molecule has 0 spiro atoms. The minimum Gasteiger partial charge on any atom is -0.330 e. The van der Waals surface area contributed by atoms with E-state index >= 15 is 0 Å². The number of rotatable bonds is 5. The van der Waals surface area contributed by atoms with Crippen LogP contribution in [0.15, 0.2) is 28.7 Å². The molecule has 0 aliphatic carbocycles. The summed E-state index contributed by atoms with van der Waals surface area (Å²) in [6, 6.07) is 8.31. The Bertz CT molecular complexity index is 522. The fourth-order valence-electron chi connectivity index (χ4n) is 1.88. The second-order valence-electron chi connectivity index (χ2n) is 4.27. The second kappa shape index (κ2) is 6.45. The summed E-state index contributed by atoms with van der Waals surface area (Å²) in [6.45, 7) is 2.91. The molecule has 1 aromatic carbocycles. The third kappa shape index (κ3) is 3.40. The first-order valence-electron chi connectivity index (χ1n) is 6.13.